The van der Waals surface area contributed by atoms with Crippen molar-refractivity contribution >= 4 is 27.6 Å². The Morgan fingerprint density at radius 2 is 1.98 bits per heavy atom. The summed E-state index contributed by atoms with van der Waals surface area (Å²) in [6.45, 7) is 6.84. The Morgan fingerprint density at radius 3 is 2.70 bits per heavy atom. The number of aliphatic hydroxyl groups excluding tert-OH is 1. The SMILES string of the molecule is CCO.COc1nc2c3c(nc(-c4c(C5CC5)c(C)cc5[nH]ncc45)c(F)c3n1)OCCN2C.FC1CC2CCCN2C1. The number of pyridine rings is 1. The van der Waals surface area contributed by atoms with Gasteiger partial charge in [-0.15, -0.1) is 0 Å². The van der Waals surface area contributed by atoms with Gasteiger partial charge in [0.1, 0.15) is 35.2 Å². The number of H-pyrrole nitrogens is 1. The van der Waals surface area contributed by atoms with E-state index in [1.807, 2.05) is 11.9 Å². The fourth-order valence-corrected chi connectivity index (χ4v) is 6.55. The first-order chi connectivity index (χ1) is 20.8. The third-order valence-electron chi connectivity index (χ3n) is 8.60. The van der Waals surface area contributed by atoms with E-state index < -0.39 is 12.0 Å². The Morgan fingerprint density at radius 1 is 1.19 bits per heavy atom. The number of alkyl halides is 1. The Bertz CT molecular complexity index is 1610. The van der Waals surface area contributed by atoms with Gasteiger partial charge in [0, 0.05) is 37.2 Å². The molecule has 4 aliphatic rings. The van der Waals surface area contributed by atoms with Gasteiger partial charge < -0.3 is 19.5 Å². The second-order valence-corrected chi connectivity index (χ2v) is 11.6. The van der Waals surface area contributed by atoms with Crippen LogP contribution in [0, 0.1) is 12.7 Å². The van der Waals surface area contributed by atoms with Crippen LogP contribution in [0.5, 0.6) is 11.9 Å². The molecule has 12 heteroatoms. The number of rotatable bonds is 3. The molecule has 0 bridgehead atoms. The maximum Gasteiger partial charge on any atom is 0.318 e. The van der Waals surface area contributed by atoms with Crippen LogP contribution in [0.25, 0.3) is 33.1 Å². The minimum absolute atomic E-state index is 0.110. The molecular formula is C31H39F2N7O3. The van der Waals surface area contributed by atoms with E-state index in [9.17, 15) is 4.39 Å². The maximum atomic E-state index is 16.2. The second kappa shape index (κ2) is 12.2. The number of methoxy groups -OCH3 is 1. The average molecular weight is 596 g/mol. The number of benzene rings is 1. The maximum absolute atomic E-state index is 16.2. The number of hydrogen-bond donors (Lipinski definition) is 2. The summed E-state index contributed by atoms with van der Waals surface area (Å²) in [4.78, 5) is 17.7. The molecular weight excluding hydrogens is 556 g/mol. The molecule has 2 unspecified atom stereocenters. The van der Waals surface area contributed by atoms with Gasteiger partial charge in [0.2, 0.25) is 5.88 Å². The number of anilines is 1. The van der Waals surface area contributed by atoms with Crippen molar-refractivity contribution in [2.24, 2.45) is 0 Å². The predicted octanol–water partition coefficient (Wildman–Crippen LogP) is 4.92. The molecule has 0 radical (unpaired) electrons. The van der Waals surface area contributed by atoms with Crippen LogP contribution >= 0.6 is 0 Å². The van der Waals surface area contributed by atoms with Crippen LogP contribution in [0.2, 0.25) is 0 Å². The standard InChI is InChI=1S/C22H21FN6O2.C7H12FN.C2H6O/c1-10-8-13-12(9-24-28-13)15(14(10)11-4-5-11)18-17(23)19-16-20(27-22(26-19)30-3)29(2)6-7-31-21(16)25-18;8-6-4-7-2-1-3-9(7)5-6;1-2-3/h8-9,11H,4-7H2,1-3H3,(H,24,28);6-7H,1-5H2;3H,2H2,1H3. The van der Waals surface area contributed by atoms with Crippen LogP contribution in [-0.4, -0.2) is 94.4 Å². The number of halogens is 2. The zero-order valence-corrected chi connectivity index (χ0v) is 25.2. The normalized spacial score (nSPS) is 21.0. The van der Waals surface area contributed by atoms with Crippen LogP contribution in [0.15, 0.2) is 12.3 Å². The summed E-state index contributed by atoms with van der Waals surface area (Å²) in [5.41, 5.74) is 4.22. The van der Waals surface area contributed by atoms with Gasteiger partial charge in [-0.05, 0) is 75.6 Å². The molecule has 43 heavy (non-hydrogen) atoms. The van der Waals surface area contributed by atoms with Gasteiger partial charge in [-0.25, -0.2) is 13.8 Å². The van der Waals surface area contributed by atoms with Crippen molar-refractivity contribution < 1.29 is 23.4 Å². The zero-order valence-electron chi connectivity index (χ0n) is 25.2. The summed E-state index contributed by atoms with van der Waals surface area (Å²) in [5, 5.41) is 16.1. The molecule has 6 heterocycles. The van der Waals surface area contributed by atoms with Crippen molar-refractivity contribution in [3.05, 3.63) is 29.2 Å². The van der Waals surface area contributed by atoms with E-state index in [1.54, 1.807) is 13.1 Å². The number of ether oxygens (including phenoxy) is 2. The van der Waals surface area contributed by atoms with Crippen molar-refractivity contribution in [2.45, 2.75) is 64.1 Å². The highest BCUT2D eigenvalue weighted by atomic mass is 19.1. The Labute approximate surface area is 249 Å². The summed E-state index contributed by atoms with van der Waals surface area (Å²) in [7, 11) is 3.36. The van der Waals surface area contributed by atoms with Crippen LogP contribution < -0.4 is 14.4 Å². The summed E-state index contributed by atoms with van der Waals surface area (Å²) in [6.07, 6.45) is 6.72. The van der Waals surface area contributed by atoms with Crippen molar-refractivity contribution in [2.75, 3.05) is 51.9 Å². The molecule has 2 atom stereocenters. The molecule has 4 aromatic rings. The van der Waals surface area contributed by atoms with Gasteiger partial charge in [0.15, 0.2) is 5.82 Å². The van der Waals surface area contributed by atoms with Crippen molar-refractivity contribution in [3.63, 3.8) is 0 Å². The lowest BCUT2D eigenvalue weighted by Gasteiger charge is -2.18. The Balaban J connectivity index is 0.000000229. The molecule has 2 saturated heterocycles. The lowest BCUT2D eigenvalue weighted by atomic mass is 9.92. The van der Waals surface area contributed by atoms with E-state index in [4.69, 9.17) is 19.6 Å². The molecule has 3 fully saturated rings. The second-order valence-electron chi connectivity index (χ2n) is 11.6. The van der Waals surface area contributed by atoms with E-state index in [2.05, 4.69) is 38.1 Å². The molecule has 3 aliphatic heterocycles. The summed E-state index contributed by atoms with van der Waals surface area (Å²) < 4.78 is 40.0. The monoisotopic (exact) mass is 595 g/mol. The third kappa shape index (κ3) is 5.58. The molecule has 2 N–H and O–H groups in total. The molecule has 3 aromatic heterocycles. The summed E-state index contributed by atoms with van der Waals surface area (Å²) >= 11 is 0. The number of nitrogens with zero attached hydrogens (tertiary/aromatic N) is 6. The predicted molar refractivity (Wildman–Crippen MR) is 161 cm³/mol. The van der Waals surface area contributed by atoms with Crippen molar-refractivity contribution in [1.29, 1.82) is 0 Å². The summed E-state index contributed by atoms with van der Waals surface area (Å²) in [5.74, 6) is 0.781. The van der Waals surface area contributed by atoms with Crippen LogP contribution in [-0.2, 0) is 0 Å². The molecule has 1 aliphatic carbocycles. The molecule has 1 aromatic carbocycles. The minimum Gasteiger partial charge on any atom is -0.475 e. The Hall–Kier alpha value is -3.64. The quantitative estimate of drug-likeness (QED) is 0.341. The van der Waals surface area contributed by atoms with Crippen LogP contribution in [0.3, 0.4) is 0 Å². The van der Waals surface area contributed by atoms with E-state index >= 15 is 4.39 Å². The zero-order chi connectivity index (χ0) is 30.2. The van der Waals surface area contributed by atoms with Crippen LogP contribution in [0.1, 0.15) is 56.1 Å². The topological polar surface area (TPSA) is 113 Å². The first-order valence-electron chi connectivity index (χ1n) is 15.1. The lowest BCUT2D eigenvalue weighted by Crippen LogP contribution is -2.22. The highest BCUT2D eigenvalue weighted by molar-refractivity contribution is 6.01. The smallest absolute Gasteiger partial charge is 0.318 e. The van der Waals surface area contributed by atoms with E-state index in [0.717, 1.165) is 53.4 Å². The number of fused-ring (bicyclic) bond motifs is 2. The van der Waals surface area contributed by atoms with E-state index in [1.165, 1.54) is 20.0 Å². The first kappa shape index (κ1) is 29.4. The van der Waals surface area contributed by atoms with Gasteiger partial charge in [0.05, 0.1) is 25.4 Å². The van der Waals surface area contributed by atoms with Crippen molar-refractivity contribution in [1.82, 2.24) is 30.0 Å². The molecule has 0 amide bonds. The molecule has 0 spiro atoms. The largest absolute Gasteiger partial charge is 0.475 e. The number of aryl methyl sites for hydroxylation is 1. The third-order valence-corrected chi connectivity index (χ3v) is 8.60. The molecule has 8 rings (SSSR count). The Kier molecular flexibility index (Phi) is 8.32. The number of aromatic amines is 1. The number of aliphatic hydroxyl groups is 1. The lowest BCUT2D eigenvalue weighted by molar-refractivity contribution is 0.292. The fourth-order valence-electron chi connectivity index (χ4n) is 6.55. The number of hydrogen-bond acceptors (Lipinski definition) is 9. The van der Waals surface area contributed by atoms with Crippen LogP contribution in [0.4, 0.5) is 14.6 Å². The molecule has 1 saturated carbocycles. The summed E-state index contributed by atoms with van der Waals surface area (Å²) in [6, 6.07) is 2.79. The first-order valence-corrected chi connectivity index (χ1v) is 15.1. The number of aromatic nitrogens is 5. The number of nitrogens with one attached hydrogen (secondary N) is 1. The minimum atomic E-state index is -0.518. The molecule has 10 nitrogen and oxygen atoms in total. The van der Waals surface area contributed by atoms with Gasteiger partial charge in [0.25, 0.3) is 0 Å². The van der Waals surface area contributed by atoms with Gasteiger partial charge in [-0.1, -0.05) is 0 Å². The van der Waals surface area contributed by atoms with Crippen molar-refractivity contribution in [3.8, 4) is 23.1 Å². The average Bonchev–Trinajstić information content (AvgIpc) is 3.44. The van der Waals surface area contributed by atoms with E-state index in [0.29, 0.717) is 48.7 Å². The van der Waals surface area contributed by atoms with E-state index in [-0.39, 0.29) is 23.8 Å². The van der Waals surface area contributed by atoms with Gasteiger partial charge in [-0.2, -0.15) is 15.1 Å². The fraction of sp³-hybridized carbons (Fsp3) is 0.548. The number of likely N-dealkylation sites (N-methyl/N-ethyl adjacent to an activating group) is 1. The van der Waals surface area contributed by atoms with Gasteiger partial charge >= 0.3 is 6.01 Å². The highest BCUT2D eigenvalue weighted by Gasteiger charge is 2.35. The highest BCUT2D eigenvalue weighted by Crippen LogP contribution is 2.49. The van der Waals surface area contributed by atoms with Gasteiger partial charge in [-0.3, -0.25) is 10.00 Å². The molecule has 230 valence electrons.